The van der Waals surface area contributed by atoms with Gasteiger partial charge in [0, 0.05) is 16.4 Å². The fourth-order valence-corrected chi connectivity index (χ4v) is 4.93. The van der Waals surface area contributed by atoms with Gasteiger partial charge in [0.25, 0.3) is 5.56 Å². The number of aryl methyl sites for hydroxylation is 2. The zero-order valence-corrected chi connectivity index (χ0v) is 19.4. The minimum atomic E-state index is -0.215. The van der Waals surface area contributed by atoms with Crippen LogP contribution in [0.5, 0.6) is 0 Å². The zero-order valence-electron chi connectivity index (χ0n) is 18.6. The quantitative estimate of drug-likeness (QED) is 0.482. The van der Waals surface area contributed by atoms with E-state index in [4.69, 9.17) is 11.6 Å². The number of nitrogens with one attached hydrogen (secondary N) is 1. The van der Waals surface area contributed by atoms with Gasteiger partial charge in [0.15, 0.2) is 5.65 Å². The van der Waals surface area contributed by atoms with Crippen LogP contribution >= 0.6 is 11.6 Å². The van der Waals surface area contributed by atoms with E-state index in [1.165, 1.54) is 22.0 Å². The molecule has 2 aromatic heterocycles. The molecule has 0 saturated carbocycles. The van der Waals surface area contributed by atoms with Crippen molar-refractivity contribution in [1.29, 1.82) is 0 Å². The van der Waals surface area contributed by atoms with Crippen LogP contribution in [-0.2, 0) is 17.8 Å². The molecular formula is C26H25ClN4O2. The smallest absolute Gasteiger partial charge is 0.263 e. The second-order valence-electron chi connectivity index (χ2n) is 8.61. The van der Waals surface area contributed by atoms with Gasteiger partial charge < -0.3 is 5.32 Å². The lowest BCUT2D eigenvalue weighted by Crippen LogP contribution is -2.36. The summed E-state index contributed by atoms with van der Waals surface area (Å²) in [4.78, 5) is 30.8. The Labute approximate surface area is 196 Å². The molecule has 0 radical (unpaired) electrons. The maximum atomic E-state index is 13.3. The van der Waals surface area contributed by atoms with Gasteiger partial charge in [-0.15, -0.1) is 0 Å². The number of hydrogen-bond donors (Lipinski definition) is 1. The van der Waals surface area contributed by atoms with Gasteiger partial charge in [0.2, 0.25) is 5.91 Å². The van der Waals surface area contributed by atoms with Gasteiger partial charge in [-0.1, -0.05) is 35.9 Å². The van der Waals surface area contributed by atoms with E-state index in [-0.39, 0.29) is 24.1 Å². The second-order valence-corrected chi connectivity index (χ2v) is 9.05. The second kappa shape index (κ2) is 8.52. The molecule has 6 nitrogen and oxygen atoms in total. The summed E-state index contributed by atoms with van der Waals surface area (Å²) in [6.07, 6.45) is 4.43. The molecule has 2 aromatic carbocycles. The Balaban J connectivity index is 1.45. The van der Waals surface area contributed by atoms with E-state index in [2.05, 4.69) is 22.4 Å². The summed E-state index contributed by atoms with van der Waals surface area (Å²) in [5.41, 5.74) is 5.48. The van der Waals surface area contributed by atoms with Crippen molar-refractivity contribution in [2.24, 2.45) is 0 Å². The summed E-state index contributed by atoms with van der Waals surface area (Å²) in [6.45, 7) is 3.81. The van der Waals surface area contributed by atoms with Crippen LogP contribution < -0.4 is 10.9 Å². The molecule has 0 unspecified atom stereocenters. The van der Waals surface area contributed by atoms with E-state index in [1.54, 1.807) is 0 Å². The van der Waals surface area contributed by atoms with E-state index in [0.717, 1.165) is 36.2 Å². The van der Waals surface area contributed by atoms with Gasteiger partial charge in [-0.2, -0.15) is 0 Å². The van der Waals surface area contributed by atoms with Gasteiger partial charge >= 0.3 is 0 Å². The summed E-state index contributed by atoms with van der Waals surface area (Å²) in [6, 6.07) is 15.6. The summed E-state index contributed by atoms with van der Waals surface area (Å²) in [5.74, 6) is -0.188. The zero-order chi connectivity index (χ0) is 23.1. The van der Waals surface area contributed by atoms with Gasteiger partial charge in [-0.25, -0.2) is 4.98 Å². The molecule has 168 valence electrons. The minimum absolute atomic E-state index is 0.0233. The fourth-order valence-electron chi connectivity index (χ4n) is 4.80. The molecule has 33 heavy (non-hydrogen) atoms. The lowest BCUT2D eigenvalue weighted by atomic mass is 9.88. The van der Waals surface area contributed by atoms with Crippen LogP contribution in [0.2, 0.25) is 5.02 Å². The molecule has 0 saturated heterocycles. The molecule has 5 rings (SSSR count). The Kier molecular flexibility index (Phi) is 5.54. The Morgan fingerprint density at radius 1 is 1.15 bits per heavy atom. The van der Waals surface area contributed by atoms with Gasteiger partial charge in [-0.05, 0) is 74.1 Å². The van der Waals surface area contributed by atoms with Crippen molar-refractivity contribution in [3.63, 3.8) is 0 Å². The number of benzene rings is 2. The lowest BCUT2D eigenvalue weighted by molar-refractivity contribution is -0.122. The highest BCUT2D eigenvalue weighted by Crippen LogP contribution is 2.29. The van der Waals surface area contributed by atoms with E-state index in [1.807, 2.05) is 54.8 Å². The number of rotatable bonds is 4. The Hall–Kier alpha value is -3.38. The van der Waals surface area contributed by atoms with E-state index in [0.29, 0.717) is 16.1 Å². The molecule has 1 atom stereocenters. The normalized spacial score (nSPS) is 15.4. The number of halogens is 1. The first-order valence-electron chi connectivity index (χ1n) is 11.1. The molecule has 1 aliphatic carbocycles. The molecule has 2 heterocycles. The van der Waals surface area contributed by atoms with Crippen molar-refractivity contribution in [2.45, 2.75) is 45.7 Å². The first-order chi connectivity index (χ1) is 15.9. The molecule has 1 aliphatic rings. The SMILES string of the molecule is Cc1c(C)n(-c2ccc(Cl)cc2)c2ncn(CC(=O)N[C@H]3CCCc4ccccc43)c(=O)c12. The number of hydrogen-bond acceptors (Lipinski definition) is 3. The van der Waals surface area contributed by atoms with E-state index >= 15 is 0 Å². The number of nitrogens with zero attached hydrogens (tertiary/aromatic N) is 3. The number of carbonyl (C=O) groups is 1. The van der Waals surface area contributed by atoms with Crippen molar-refractivity contribution in [2.75, 3.05) is 0 Å². The largest absolute Gasteiger partial charge is 0.348 e. The number of aromatic nitrogens is 3. The van der Waals surface area contributed by atoms with Crippen LogP contribution in [0.25, 0.3) is 16.7 Å². The third-order valence-electron chi connectivity index (χ3n) is 6.59. The summed E-state index contributed by atoms with van der Waals surface area (Å²) < 4.78 is 3.34. The average Bonchev–Trinajstić information content (AvgIpc) is 3.07. The number of amides is 1. The highest BCUT2D eigenvalue weighted by molar-refractivity contribution is 6.30. The van der Waals surface area contributed by atoms with Crippen LogP contribution in [0.1, 0.15) is 41.3 Å². The van der Waals surface area contributed by atoms with Crippen LogP contribution in [0, 0.1) is 13.8 Å². The number of carbonyl (C=O) groups excluding carboxylic acids is 1. The molecule has 7 heteroatoms. The maximum Gasteiger partial charge on any atom is 0.263 e. The molecule has 0 fully saturated rings. The first-order valence-corrected chi connectivity index (χ1v) is 11.5. The van der Waals surface area contributed by atoms with Crippen molar-refractivity contribution < 1.29 is 4.79 Å². The molecule has 0 aliphatic heterocycles. The molecular weight excluding hydrogens is 436 g/mol. The van der Waals surface area contributed by atoms with E-state index in [9.17, 15) is 9.59 Å². The standard InChI is InChI=1S/C26H25ClN4O2/c1-16-17(2)31(20-12-10-19(27)11-13-20)25-24(16)26(33)30(15-28-25)14-23(32)29-22-9-5-7-18-6-3-4-8-21(18)22/h3-4,6,8,10-13,15,22H,5,7,9,14H2,1-2H3,(H,29,32)/t22-/m0/s1. The monoisotopic (exact) mass is 460 g/mol. The van der Waals surface area contributed by atoms with Crippen molar-refractivity contribution >= 4 is 28.5 Å². The fraction of sp³-hybridized carbons (Fsp3) is 0.269. The molecule has 4 aromatic rings. The van der Waals surface area contributed by atoms with Crippen molar-refractivity contribution in [3.05, 3.63) is 92.6 Å². The van der Waals surface area contributed by atoms with Crippen LogP contribution in [0.3, 0.4) is 0 Å². The summed E-state index contributed by atoms with van der Waals surface area (Å²) in [5, 5.41) is 4.29. The highest BCUT2D eigenvalue weighted by Gasteiger charge is 2.23. The van der Waals surface area contributed by atoms with E-state index < -0.39 is 0 Å². The van der Waals surface area contributed by atoms with Crippen LogP contribution in [-0.4, -0.2) is 20.0 Å². The summed E-state index contributed by atoms with van der Waals surface area (Å²) in [7, 11) is 0. The third kappa shape index (κ3) is 3.85. The predicted octanol–water partition coefficient (Wildman–Crippen LogP) is 4.65. The molecule has 0 bridgehead atoms. The van der Waals surface area contributed by atoms with Gasteiger partial charge in [0.1, 0.15) is 12.9 Å². The predicted molar refractivity (Wildman–Crippen MR) is 130 cm³/mol. The highest BCUT2D eigenvalue weighted by atomic mass is 35.5. The van der Waals surface area contributed by atoms with Crippen LogP contribution in [0.4, 0.5) is 0 Å². The van der Waals surface area contributed by atoms with Crippen molar-refractivity contribution in [3.8, 4) is 5.69 Å². The average molecular weight is 461 g/mol. The third-order valence-corrected chi connectivity index (χ3v) is 6.84. The maximum absolute atomic E-state index is 13.3. The minimum Gasteiger partial charge on any atom is -0.348 e. The topological polar surface area (TPSA) is 68.9 Å². The first kappa shape index (κ1) is 21.5. The molecule has 1 amide bonds. The van der Waals surface area contributed by atoms with Gasteiger partial charge in [0.05, 0.1) is 11.4 Å². The molecule has 1 N–H and O–H groups in total. The van der Waals surface area contributed by atoms with Crippen molar-refractivity contribution in [1.82, 2.24) is 19.4 Å². The Bertz CT molecular complexity index is 1420. The number of fused-ring (bicyclic) bond motifs is 2. The Morgan fingerprint density at radius 3 is 2.70 bits per heavy atom. The van der Waals surface area contributed by atoms with Crippen LogP contribution in [0.15, 0.2) is 59.7 Å². The molecule has 0 spiro atoms. The van der Waals surface area contributed by atoms with Gasteiger partial charge in [-0.3, -0.25) is 18.7 Å². The Morgan fingerprint density at radius 2 is 1.91 bits per heavy atom. The summed E-state index contributed by atoms with van der Waals surface area (Å²) >= 11 is 6.04. The lowest BCUT2D eigenvalue weighted by Gasteiger charge is -2.26.